The van der Waals surface area contributed by atoms with Crippen LogP contribution in [0.25, 0.3) is 0 Å². The maximum atomic E-state index is 3.92. The van der Waals surface area contributed by atoms with Gasteiger partial charge in [0.25, 0.3) is 0 Å². The summed E-state index contributed by atoms with van der Waals surface area (Å²) in [5, 5.41) is 0. The van der Waals surface area contributed by atoms with Gasteiger partial charge in [-0.1, -0.05) is 32.1 Å². The third-order valence-electron chi connectivity index (χ3n) is 2.23. The van der Waals surface area contributed by atoms with Crippen molar-refractivity contribution in [2.45, 2.75) is 20.8 Å². The quantitative estimate of drug-likeness (QED) is 0.548. The standard InChI is InChI=1S/C10H17N/c1-8(2)10-5-6-11(7-10)9(3)4/h5,8H,3,6-7H2,1-2,4H3. The topological polar surface area (TPSA) is 3.24 Å². The second-order valence-electron chi connectivity index (χ2n) is 3.55. The van der Waals surface area contributed by atoms with Gasteiger partial charge in [0, 0.05) is 18.8 Å². The van der Waals surface area contributed by atoms with Crippen molar-refractivity contribution in [2.24, 2.45) is 5.92 Å². The predicted molar refractivity (Wildman–Crippen MR) is 49.3 cm³/mol. The van der Waals surface area contributed by atoms with E-state index in [-0.39, 0.29) is 0 Å². The SMILES string of the molecule is C=C(C)N1CC=C(C(C)C)C1. The molecule has 0 aliphatic carbocycles. The Bertz CT molecular complexity index is 189. The lowest BCUT2D eigenvalue weighted by Gasteiger charge is -2.18. The van der Waals surface area contributed by atoms with Gasteiger partial charge in [0.1, 0.15) is 0 Å². The average molecular weight is 151 g/mol. The third-order valence-corrected chi connectivity index (χ3v) is 2.23. The largest absolute Gasteiger partial charge is 0.368 e. The molecule has 0 aromatic carbocycles. The fourth-order valence-corrected chi connectivity index (χ4v) is 1.29. The van der Waals surface area contributed by atoms with Crippen LogP contribution < -0.4 is 0 Å². The van der Waals surface area contributed by atoms with Crippen LogP contribution in [-0.4, -0.2) is 18.0 Å². The highest BCUT2D eigenvalue weighted by Crippen LogP contribution is 2.19. The molecule has 62 valence electrons. The lowest BCUT2D eigenvalue weighted by molar-refractivity contribution is 0.432. The van der Waals surface area contributed by atoms with Crippen molar-refractivity contribution in [1.29, 1.82) is 0 Å². The van der Waals surface area contributed by atoms with Crippen LogP contribution in [0.2, 0.25) is 0 Å². The summed E-state index contributed by atoms with van der Waals surface area (Å²) in [6.45, 7) is 12.6. The van der Waals surface area contributed by atoms with Gasteiger partial charge >= 0.3 is 0 Å². The van der Waals surface area contributed by atoms with Crippen LogP contribution in [0.3, 0.4) is 0 Å². The van der Waals surface area contributed by atoms with Crippen molar-refractivity contribution in [2.75, 3.05) is 13.1 Å². The smallest absolute Gasteiger partial charge is 0.0392 e. The Morgan fingerprint density at radius 3 is 2.55 bits per heavy atom. The molecule has 1 aliphatic heterocycles. The van der Waals surface area contributed by atoms with E-state index in [2.05, 4.69) is 38.3 Å². The molecule has 0 saturated heterocycles. The van der Waals surface area contributed by atoms with Crippen LogP contribution in [0.4, 0.5) is 0 Å². The minimum atomic E-state index is 0.694. The van der Waals surface area contributed by atoms with Gasteiger partial charge in [0.15, 0.2) is 0 Å². The predicted octanol–water partition coefficient (Wildman–Crippen LogP) is 2.42. The van der Waals surface area contributed by atoms with E-state index in [1.807, 2.05) is 0 Å². The zero-order valence-corrected chi connectivity index (χ0v) is 7.72. The minimum absolute atomic E-state index is 0.694. The van der Waals surface area contributed by atoms with Gasteiger partial charge in [-0.25, -0.2) is 0 Å². The molecule has 1 heteroatoms. The second kappa shape index (κ2) is 3.12. The molecule has 0 aromatic rings. The Hall–Kier alpha value is -0.720. The van der Waals surface area contributed by atoms with Crippen molar-refractivity contribution in [3.63, 3.8) is 0 Å². The molecule has 0 bridgehead atoms. The van der Waals surface area contributed by atoms with E-state index in [0.717, 1.165) is 13.1 Å². The van der Waals surface area contributed by atoms with Gasteiger partial charge in [-0.05, 0) is 12.8 Å². The van der Waals surface area contributed by atoms with Crippen molar-refractivity contribution < 1.29 is 0 Å². The number of rotatable bonds is 2. The summed E-state index contributed by atoms with van der Waals surface area (Å²) >= 11 is 0. The molecule has 0 N–H and O–H groups in total. The van der Waals surface area contributed by atoms with E-state index < -0.39 is 0 Å². The Labute approximate surface area is 69.4 Å². The first-order valence-corrected chi connectivity index (χ1v) is 4.20. The number of hydrogen-bond acceptors (Lipinski definition) is 1. The molecule has 0 saturated carbocycles. The average Bonchev–Trinajstić information content (AvgIpc) is 2.33. The summed E-state index contributed by atoms with van der Waals surface area (Å²) in [7, 11) is 0. The Kier molecular flexibility index (Phi) is 2.38. The summed E-state index contributed by atoms with van der Waals surface area (Å²) in [6, 6.07) is 0. The molecule has 0 atom stereocenters. The Morgan fingerprint density at radius 2 is 2.27 bits per heavy atom. The summed E-state index contributed by atoms with van der Waals surface area (Å²) in [4.78, 5) is 2.30. The normalized spacial score (nSPS) is 17.5. The number of nitrogens with zero attached hydrogens (tertiary/aromatic N) is 1. The summed E-state index contributed by atoms with van der Waals surface area (Å²) in [6.07, 6.45) is 2.32. The van der Waals surface area contributed by atoms with Crippen LogP contribution in [0.5, 0.6) is 0 Å². The van der Waals surface area contributed by atoms with E-state index in [1.165, 1.54) is 5.70 Å². The van der Waals surface area contributed by atoms with Gasteiger partial charge in [0.05, 0.1) is 0 Å². The molecule has 1 nitrogen and oxygen atoms in total. The Morgan fingerprint density at radius 1 is 1.64 bits per heavy atom. The van der Waals surface area contributed by atoms with Crippen molar-refractivity contribution in [3.8, 4) is 0 Å². The van der Waals surface area contributed by atoms with Crippen molar-refractivity contribution >= 4 is 0 Å². The van der Waals surface area contributed by atoms with Gasteiger partial charge in [-0.15, -0.1) is 0 Å². The van der Waals surface area contributed by atoms with Crippen LogP contribution >= 0.6 is 0 Å². The minimum Gasteiger partial charge on any atom is -0.368 e. The first-order chi connectivity index (χ1) is 5.11. The molecule has 0 amide bonds. The Balaban J connectivity index is 2.49. The lowest BCUT2D eigenvalue weighted by Crippen LogP contribution is -2.18. The van der Waals surface area contributed by atoms with E-state index in [9.17, 15) is 0 Å². The highest BCUT2D eigenvalue weighted by atomic mass is 15.1. The molecule has 1 aliphatic rings. The molecule has 0 fully saturated rings. The van der Waals surface area contributed by atoms with Crippen molar-refractivity contribution in [1.82, 2.24) is 4.90 Å². The zero-order chi connectivity index (χ0) is 8.43. The highest BCUT2D eigenvalue weighted by Gasteiger charge is 2.14. The molecule has 0 aromatic heterocycles. The molecule has 1 heterocycles. The van der Waals surface area contributed by atoms with E-state index in [0.29, 0.717) is 5.92 Å². The monoisotopic (exact) mass is 151 g/mol. The first kappa shape index (κ1) is 8.38. The molecular weight excluding hydrogens is 134 g/mol. The summed E-state index contributed by atoms with van der Waals surface area (Å²) in [5.41, 5.74) is 2.73. The van der Waals surface area contributed by atoms with Gasteiger partial charge < -0.3 is 4.90 Å². The zero-order valence-electron chi connectivity index (χ0n) is 7.72. The fourth-order valence-electron chi connectivity index (χ4n) is 1.29. The highest BCUT2D eigenvalue weighted by molar-refractivity contribution is 5.17. The molecule has 0 radical (unpaired) electrons. The van der Waals surface area contributed by atoms with E-state index in [4.69, 9.17) is 0 Å². The molecule has 1 rings (SSSR count). The van der Waals surface area contributed by atoms with Crippen LogP contribution in [0.1, 0.15) is 20.8 Å². The van der Waals surface area contributed by atoms with E-state index in [1.54, 1.807) is 5.57 Å². The lowest BCUT2D eigenvalue weighted by atomic mass is 10.1. The second-order valence-corrected chi connectivity index (χ2v) is 3.55. The van der Waals surface area contributed by atoms with Crippen LogP contribution in [0.15, 0.2) is 23.9 Å². The molecular formula is C10H17N. The van der Waals surface area contributed by atoms with Gasteiger partial charge in [0.2, 0.25) is 0 Å². The van der Waals surface area contributed by atoms with Crippen molar-refractivity contribution in [3.05, 3.63) is 23.9 Å². The van der Waals surface area contributed by atoms with Gasteiger partial charge in [-0.3, -0.25) is 0 Å². The molecule has 0 spiro atoms. The van der Waals surface area contributed by atoms with Crippen LogP contribution in [-0.2, 0) is 0 Å². The fraction of sp³-hybridized carbons (Fsp3) is 0.600. The summed E-state index contributed by atoms with van der Waals surface area (Å²) in [5.74, 6) is 0.694. The number of hydrogen-bond donors (Lipinski definition) is 0. The molecule has 11 heavy (non-hydrogen) atoms. The van der Waals surface area contributed by atoms with E-state index >= 15 is 0 Å². The first-order valence-electron chi connectivity index (χ1n) is 4.20. The number of allylic oxidation sites excluding steroid dienone is 1. The third kappa shape index (κ3) is 1.86. The summed E-state index contributed by atoms with van der Waals surface area (Å²) < 4.78 is 0. The maximum Gasteiger partial charge on any atom is 0.0392 e. The maximum absolute atomic E-state index is 3.92. The molecule has 0 unspecified atom stereocenters. The van der Waals surface area contributed by atoms with Crippen LogP contribution in [0, 0.1) is 5.92 Å². The van der Waals surface area contributed by atoms with Gasteiger partial charge in [-0.2, -0.15) is 0 Å².